The van der Waals surface area contributed by atoms with Crippen LogP contribution in [0.25, 0.3) is 0 Å². The molecule has 3 rings (SSSR count). The third-order valence-electron chi connectivity index (χ3n) is 4.65. The van der Waals surface area contributed by atoms with E-state index >= 15 is 0 Å². The maximum Gasteiger partial charge on any atom is 0.326 e. The number of carbonyl (C=O) groups is 3. The minimum absolute atomic E-state index is 0.172. The first-order valence-corrected chi connectivity index (χ1v) is 9.10. The van der Waals surface area contributed by atoms with E-state index in [1.54, 1.807) is 24.3 Å². The molecule has 2 aliphatic rings. The Balaban J connectivity index is 1.52. The number of amides is 2. The monoisotopic (exact) mass is 360 g/mol. The number of hydrogen-bond donors (Lipinski definition) is 1. The molecular weight excluding hydrogens is 336 g/mol. The molecule has 2 amide bonds. The van der Waals surface area contributed by atoms with Gasteiger partial charge in [-0.2, -0.15) is 0 Å². The Morgan fingerprint density at radius 1 is 1.19 bits per heavy atom. The number of nitrogens with one attached hydrogen (secondary N) is 1. The zero-order chi connectivity index (χ0) is 18.4. The number of rotatable bonds is 5. The summed E-state index contributed by atoms with van der Waals surface area (Å²) in [6, 6.07) is 7.23. The SMILES string of the molecule is O=C(COC(=O)CN1C(=O)CCOc2ccccc21)NC1CCCCC1. The molecule has 1 N–H and O–H groups in total. The van der Waals surface area contributed by atoms with Crippen LogP contribution in [-0.2, 0) is 19.1 Å². The summed E-state index contributed by atoms with van der Waals surface area (Å²) in [6.07, 6.45) is 5.56. The van der Waals surface area contributed by atoms with Gasteiger partial charge < -0.3 is 14.8 Å². The van der Waals surface area contributed by atoms with Gasteiger partial charge in [0.2, 0.25) is 5.91 Å². The van der Waals surface area contributed by atoms with E-state index in [9.17, 15) is 14.4 Å². The molecule has 0 spiro atoms. The van der Waals surface area contributed by atoms with Crippen molar-refractivity contribution < 1.29 is 23.9 Å². The molecule has 0 atom stereocenters. The topological polar surface area (TPSA) is 84.9 Å². The van der Waals surface area contributed by atoms with Crippen LogP contribution in [0.4, 0.5) is 5.69 Å². The largest absolute Gasteiger partial charge is 0.491 e. The van der Waals surface area contributed by atoms with E-state index in [0.717, 1.165) is 25.7 Å². The highest BCUT2D eigenvalue weighted by Gasteiger charge is 2.26. The van der Waals surface area contributed by atoms with Crippen molar-refractivity contribution in [1.82, 2.24) is 5.32 Å². The molecule has 140 valence electrons. The first-order chi connectivity index (χ1) is 12.6. The van der Waals surface area contributed by atoms with Gasteiger partial charge in [0.05, 0.1) is 18.7 Å². The van der Waals surface area contributed by atoms with Crippen molar-refractivity contribution in [1.29, 1.82) is 0 Å². The fourth-order valence-electron chi connectivity index (χ4n) is 3.33. The predicted octanol–water partition coefficient (Wildman–Crippen LogP) is 1.79. The van der Waals surface area contributed by atoms with Crippen LogP contribution in [0.3, 0.4) is 0 Å². The smallest absolute Gasteiger partial charge is 0.326 e. The highest BCUT2D eigenvalue weighted by molar-refractivity contribution is 5.99. The Labute approximate surface area is 152 Å². The van der Waals surface area contributed by atoms with Crippen molar-refractivity contribution >= 4 is 23.5 Å². The average molecular weight is 360 g/mol. The van der Waals surface area contributed by atoms with Crippen molar-refractivity contribution in [2.45, 2.75) is 44.6 Å². The highest BCUT2D eigenvalue weighted by atomic mass is 16.5. The molecule has 7 heteroatoms. The third-order valence-corrected chi connectivity index (χ3v) is 4.65. The molecule has 1 heterocycles. The summed E-state index contributed by atoms with van der Waals surface area (Å²) in [6.45, 7) is -0.295. The molecule has 7 nitrogen and oxygen atoms in total. The molecule has 0 radical (unpaired) electrons. The van der Waals surface area contributed by atoms with Crippen molar-refractivity contribution in [3.63, 3.8) is 0 Å². The van der Waals surface area contributed by atoms with Gasteiger partial charge in [-0.25, -0.2) is 0 Å². The lowest BCUT2D eigenvalue weighted by Crippen LogP contribution is -2.40. The summed E-state index contributed by atoms with van der Waals surface area (Å²) < 4.78 is 10.6. The van der Waals surface area contributed by atoms with Crippen LogP contribution in [0, 0.1) is 0 Å². The summed E-state index contributed by atoms with van der Waals surface area (Å²) in [5, 5.41) is 2.90. The van der Waals surface area contributed by atoms with Gasteiger partial charge in [-0.05, 0) is 25.0 Å². The number of para-hydroxylation sites is 2. The molecule has 1 aliphatic carbocycles. The second-order valence-electron chi connectivity index (χ2n) is 6.61. The van der Waals surface area contributed by atoms with Crippen LogP contribution < -0.4 is 15.0 Å². The summed E-state index contributed by atoms with van der Waals surface area (Å²) in [7, 11) is 0. The van der Waals surface area contributed by atoms with E-state index in [0.29, 0.717) is 11.4 Å². The number of fused-ring (bicyclic) bond motifs is 1. The molecule has 1 fully saturated rings. The van der Waals surface area contributed by atoms with Gasteiger partial charge in [-0.1, -0.05) is 31.4 Å². The van der Waals surface area contributed by atoms with Gasteiger partial charge in [-0.15, -0.1) is 0 Å². The molecule has 1 aromatic carbocycles. The normalized spacial score (nSPS) is 17.7. The second-order valence-corrected chi connectivity index (χ2v) is 6.61. The third kappa shape index (κ3) is 4.74. The van der Waals surface area contributed by atoms with E-state index in [1.165, 1.54) is 11.3 Å². The van der Waals surface area contributed by atoms with Crippen LogP contribution in [-0.4, -0.2) is 43.6 Å². The molecule has 0 unspecified atom stereocenters. The first-order valence-electron chi connectivity index (χ1n) is 9.10. The zero-order valence-electron chi connectivity index (χ0n) is 14.7. The van der Waals surface area contributed by atoms with Crippen LogP contribution in [0.15, 0.2) is 24.3 Å². The van der Waals surface area contributed by atoms with Crippen molar-refractivity contribution in [2.75, 3.05) is 24.7 Å². The lowest BCUT2D eigenvalue weighted by atomic mass is 9.95. The van der Waals surface area contributed by atoms with E-state index in [1.807, 2.05) is 0 Å². The van der Waals surface area contributed by atoms with Gasteiger partial charge >= 0.3 is 5.97 Å². The van der Waals surface area contributed by atoms with E-state index < -0.39 is 5.97 Å². The van der Waals surface area contributed by atoms with Gasteiger partial charge in [0, 0.05) is 6.04 Å². The van der Waals surface area contributed by atoms with E-state index in [-0.39, 0.29) is 44.0 Å². The summed E-state index contributed by atoms with van der Waals surface area (Å²) in [4.78, 5) is 37.7. The number of anilines is 1. The van der Waals surface area contributed by atoms with E-state index in [4.69, 9.17) is 9.47 Å². The number of carbonyl (C=O) groups excluding carboxylic acids is 3. The maximum atomic E-state index is 12.3. The van der Waals surface area contributed by atoms with Crippen LogP contribution in [0.2, 0.25) is 0 Å². The van der Waals surface area contributed by atoms with Gasteiger partial charge in [0.25, 0.3) is 5.91 Å². The molecule has 1 aliphatic heterocycles. The minimum Gasteiger partial charge on any atom is -0.491 e. The molecule has 0 bridgehead atoms. The van der Waals surface area contributed by atoms with Crippen molar-refractivity contribution in [3.8, 4) is 5.75 Å². The fourth-order valence-corrected chi connectivity index (χ4v) is 3.33. The molecule has 1 saturated carbocycles. The number of esters is 1. The Morgan fingerprint density at radius 3 is 2.77 bits per heavy atom. The minimum atomic E-state index is -0.617. The molecule has 0 aromatic heterocycles. The van der Waals surface area contributed by atoms with Crippen molar-refractivity contribution in [2.24, 2.45) is 0 Å². The lowest BCUT2D eigenvalue weighted by Gasteiger charge is -2.23. The molecule has 26 heavy (non-hydrogen) atoms. The standard InChI is InChI=1S/C19H24N2O5/c22-17(20-14-6-2-1-3-7-14)13-26-19(24)12-21-15-8-4-5-9-16(15)25-11-10-18(21)23/h4-5,8-9,14H,1-3,6-7,10-13H2,(H,20,22). The average Bonchev–Trinajstić information content (AvgIpc) is 2.80. The molecular formula is C19H24N2O5. The molecule has 0 saturated heterocycles. The Morgan fingerprint density at radius 2 is 1.96 bits per heavy atom. The number of nitrogens with zero attached hydrogens (tertiary/aromatic N) is 1. The Bertz CT molecular complexity index is 670. The summed E-state index contributed by atoms with van der Waals surface area (Å²) in [5.41, 5.74) is 0.540. The van der Waals surface area contributed by atoms with Crippen LogP contribution in [0.5, 0.6) is 5.75 Å². The van der Waals surface area contributed by atoms with Gasteiger partial charge in [-0.3, -0.25) is 19.3 Å². The zero-order valence-corrected chi connectivity index (χ0v) is 14.7. The number of ether oxygens (including phenoxy) is 2. The van der Waals surface area contributed by atoms with Crippen LogP contribution >= 0.6 is 0 Å². The molecule has 1 aromatic rings. The Kier molecular flexibility index (Phi) is 6.09. The Hall–Kier alpha value is -2.57. The van der Waals surface area contributed by atoms with E-state index in [2.05, 4.69) is 5.32 Å². The van der Waals surface area contributed by atoms with Crippen LogP contribution in [0.1, 0.15) is 38.5 Å². The summed E-state index contributed by atoms with van der Waals surface area (Å²) >= 11 is 0. The fraction of sp³-hybridized carbons (Fsp3) is 0.526. The van der Waals surface area contributed by atoms with Gasteiger partial charge in [0.1, 0.15) is 12.3 Å². The second kappa shape index (κ2) is 8.69. The first kappa shape index (κ1) is 18.2. The quantitative estimate of drug-likeness (QED) is 0.810. The van der Waals surface area contributed by atoms with Gasteiger partial charge in [0.15, 0.2) is 6.61 Å². The summed E-state index contributed by atoms with van der Waals surface area (Å²) in [5.74, 6) is -0.565. The van der Waals surface area contributed by atoms with Crippen molar-refractivity contribution in [3.05, 3.63) is 24.3 Å². The predicted molar refractivity (Wildman–Crippen MR) is 94.9 cm³/mol. The lowest BCUT2D eigenvalue weighted by molar-refractivity contribution is -0.147. The number of benzene rings is 1. The number of hydrogen-bond acceptors (Lipinski definition) is 5. The highest BCUT2D eigenvalue weighted by Crippen LogP contribution is 2.30. The maximum absolute atomic E-state index is 12.3.